The van der Waals surface area contributed by atoms with Gasteiger partial charge >= 0.3 is 12.1 Å². The molecule has 0 saturated carbocycles. The van der Waals surface area contributed by atoms with Gasteiger partial charge in [0.05, 0.1) is 12.3 Å². The van der Waals surface area contributed by atoms with Crippen LogP contribution in [0.25, 0.3) is 22.5 Å². The zero-order chi connectivity index (χ0) is 27.1. The van der Waals surface area contributed by atoms with Gasteiger partial charge in [0.15, 0.2) is 6.61 Å². The highest BCUT2D eigenvalue weighted by atomic mass is 19.4. The van der Waals surface area contributed by atoms with Crippen molar-refractivity contribution in [3.63, 3.8) is 0 Å². The lowest BCUT2D eigenvalue weighted by molar-refractivity contribution is -0.146. The Labute approximate surface area is 217 Å². The third kappa shape index (κ3) is 6.55. The number of tetrazole rings is 1. The molecule has 0 aliphatic rings. The van der Waals surface area contributed by atoms with Crippen molar-refractivity contribution in [2.45, 2.75) is 45.8 Å². The van der Waals surface area contributed by atoms with Gasteiger partial charge in [-0.2, -0.15) is 23.5 Å². The number of carbonyl (C=O) groups excluding carboxylic acids is 1. The Morgan fingerprint density at radius 1 is 1.05 bits per heavy atom. The van der Waals surface area contributed by atoms with E-state index in [9.17, 15) is 18.0 Å². The molecule has 1 N–H and O–H groups in total. The highest BCUT2D eigenvalue weighted by Gasteiger charge is 2.32. The lowest BCUT2D eigenvalue weighted by Crippen LogP contribution is -2.22. The summed E-state index contributed by atoms with van der Waals surface area (Å²) in [4.78, 5) is 11.9. The van der Waals surface area contributed by atoms with Gasteiger partial charge in [0.1, 0.15) is 6.54 Å². The van der Waals surface area contributed by atoms with Gasteiger partial charge in [0.2, 0.25) is 11.7 Å². The third-order valence-corrected chi connectivity index (χ3v) is 5.69. The molecule has 2 heterocycles. The maximum atomic E-state index is 13.3. The summed E-state index contributed by atoms with van der Waals surface area (Å²) in [5, 5.41) is 18.4. The molecule has 2 aromatic carbocycles. The Morgan fingerprint density at radius 2 is 1.79 bits per heavy atom. The number of esters is 1. The molecule has 0 spiro atoms. The summed E-state index contributed by atoms with van der Waals surface area (Å²) >= 11 is 0. The average Bonchev–Trinajstić information content (AvgIpc) is 3.52. The molecule has 0 bridgehead atoms. The molecule has 0 radical (unpaired) electrons. The van der Waals surface area contributed by atoms with Crippen LogP contribution < -0.4 is 4.74 Å². The summed E-state index contributed by atoms with van der Waals surface area (Å²) in [6.45, 7) is 1.86. The summed E-state index contributed by atoms with van der Waals surface area (Å²) in [5.41, 5.74) is 4.48. The molecule has 200 valence electrons. The van der Waals surface area contributed by atoms with Crippen LogP contribution in [0.1, 0.15) is 37.1 Å². The summed E-state index contributed by atoms with van der Waals surface area (Å²) < 4.78 is 51.2. The molecule has 0 saturated heterocycles. The minimum Gasteiger partial charge on any atom is -0.466 e. The van der Waals surface area contributed by atoms with E-state index in [4.69, 9.17) is 9.47 Å². The predicted molar refractivity (Wildman–Crippen MR) is 132 cm³/mol. The normalized spacial score (nSPS) is 11.5. The molecule has 0 atom stereocenters. The number of aryl methyl sites for hydroxylation is 1. The molecule has 2 aromatic heterocycles. The number of carbonyl (C=O) groups is 1. The molecule has 12 heteroatoms. The summed E-state index contributed by atoms with van der Waals surface area (Å²) in [7, 11) is 0. The molecule has 9 nitrogen and oxygen atoms in total. The first-order valence-corrected chi connectivity index (χ1v) is 12.1. The van der Waals surface area contributed by atoms with Crippen molar-refractivity contribution in [1.82, 2.24) is 30.4 Å². The fourth-order valence-electron chi connectivity index (χ4n) is 4.13. The van der Waals surface area contributed by atoms with Crippen molar-refractivity contribution in [1.29, 1.82) is 0 Å². The fourth-order valence-corrected chi connectivity index (χ4v) is 4.13. The summed E-state index contributed by atoms with van der Waals surface area (Å²) in [6, 6.07) is 15.3. The maximum Gasteiger partial charge on any atom is 0.408 e. The molecule has 0 fully saturated rings. The minimum absolute atomic E-state index is 0.0784. The van der Waals surface area contributed by atoms with E-state index in [0.717, 1.165) is 26.9 Å². The number of nitrogens with one attached hydrogen (secondary N) is 1. The Kier molecular flexibility index (Phi) is 8.39. The monoisotopic (exact) mass is 528 g/mol. The number of alkyl halides is 3. The first-order chi connectivity index (χ1) is 18.3. The predicted octanol–water partition coefficient (Wildman–Crippen LogP) is 4.78. The van der Waals surface area contributed by atoms with E-state index in [1.807, 2.05) is 55.5 Å². The van der Waals surface area contributed by atoms with Crippen LogP contribution in [-0.2, 0) is 28.9 Å². The number of aromatic nitrogens is 6. The quantitative estimate of drug-likeness (QED) is 0.279. The van der Waals surface area contributed by atoms with E-state index in [0.29, 0.717) is 29.9 Å². The van der Waals surface area contributed by atoms with Crippen LogP contribution >= 0.6 is 0 Å². The Morgan fingerprint density at radius 3 is 2.42 bits per heavy atom. The average molecular weight is 529 g/mol. The van der Waals surface area contributed by atoms with Crippen molar-refractivity contribution >= 4 is 5.97 Å². The summed E-state index contributed by atoms with van der Waals surface area (Å²) in [6.07, 6.45) is -3.09. The molecular weight excluding hydrogens is 501 g/mol. The second kappa shape index (κ2) is 11.9. The van der Waals surface area contributed by atoms with Gasteiger partial charge in [0.25, 0.3) is 0 Å². The van der Waals surface area contributed by atoms with E-state index in [1.54, 1.807) is 6.92 Å². The molecule has 4 rings (SSSR count). The SMILES string of the molecule is CCCc1nn(CC(F)(F)F)c(OCC(=O)OCC)c1Cc1ccc(-c2ccccc2-c2nn[nH]n2)cc1. The van der Waals surface area contributed by atoms with Gasteiger partial charge in [-0.25, -0.2) is 9.48 Å². The number of halogens is 3. The molecule has 38 heavy (non-hydrogen) atoms. The first kappa shape index (κ1) is 26.8. The van der Waals surface area contributed by atoms with Crippen LogP contribution in [0.4, 0.5) is 13.2 Å². The van der Waals surface area contributed by atoms with Crippen molar-refractivity contribution in [3.8, 4) is 28.4 Å². The lowest BCUT2D eigenvalue weighted by atomic mass is 9.96. The van der Waals surface area contributed by atoms with Crippen molar-refractivity contribution < 1.29 is 27.4 Å². The fraction of sp³-hybridized carbons (Fsp3) is 0.346. The lowest BCUT2D eigenvalue weighted by Gasteiger charge is -2.13. The zero-order valence-electron chi connectivity index (χ0n) is 21.0. The number of hydrogen-bond donors (Lipinski definition) is 1. The second-order valence-corrected chi connectivity index (χ2v) is 8.50. The van der Waals surface area contributed by atoms with E-state index in [-0.39, 0.29) is 18.9 Å². The van der Waals surface area contributed by atoms with E-state index in [1.165, 1.54) is 0 Å². The number of aromatic amines is 1. The smallest absolute Gasteiger partial charge is 0.408 e. The van der Waals surface area contributed by atoms with Crippen LogP contribution in [0.5, 0.6) is 5.88 Å². The van der Waals surface area contributed by atoms with Gasteiger partial charge in [-0.1, -0.05) is 61.9 Å². The highest BCUT2D eigenvalue weighted by molar-refractivity contribution is 5.80. The number of nitrogens with zero attached hydrogens (tertiary/aromatic N) is 5. The molecule has 0 amide bonds. The number of rotatable bonds is 11. The van der Waals surface area contributed by atoms with Crippen molar-refractivity contribution in [2.75, 3.05) is 13.2 Å². The van der Waals surface area contributed by atoms with Gasteiger partial charge in [-0.15, -0.1) is 10.2 Å². The Balaban J connectivity index is 1.65. The molecule has 0 aliphatic heterocycles. The highest BCUT2D eigenvalue weighted by Crippen LogP contribution is 2.32. The van der Waals surface area contributed by atoms with Crippen molar-refractivity contribution in [3.05, 3.63) is 65.4 Å². The van der Waals surface area contributed by atoms with Crippen LogP contribution in [0.15, 0.2) is 48.5 Å². The molecule has 0 aliphatic carbocycles. The van der Waals surface area contributed by atoms with Gasteiger partial charge in [0, 0.05) is 17.5 Å². The van der Waals surface area contributed by atoms with E-state index in [2.05, 4.69) is 25.7 Å². The van der Waals surface area contributed by atoms with Crippen LogP contribution in [0, 0.1) is 0 Å². The Hall–Kier alpha value is -4.22. The first-order valence-electron chi connectivity index (χ1n) is 12.1. The van der Waals surface area contributed by atoms with Crippen LogP contribution in [-0.4, -0.2) is 55.8 Å². The molecule has 0 unspecified atom stereocenters. The number of ether oxygens (including phenoxy) is 2. The number of benzene rings is 2. The number of hydrogen-bond acceptors (Lipinski definition) is 7. The minimum atomic E-state index is -4.51. The Bertz CT molecular complexity index is 1350. The largest absolute Gasteiger partial charge is 0.466 e. The van der Waals surface area contributed by atoms with Crippen molar-refractivity contribution in [2.24, 2.45) is 0 Å². The zero-order valence-corrected chi connectivity index (χ0v) is 21.0. The van der Waals surface area contributed by atoms with Crippen LogP contribution in [0.2, 0.25) is 0 Å². The van der Waals surface area contributed by atoms with Crippen LogP contribution in [0.3, 0.4) is 0 Å². The standard InChI is InChI=1S/C26H27F3N6O3/c1-3-7-22-21(25(38-15-23(36)37-4-2)35(32-22)16-26(27,28)29)14-17-10-12-18(13-11-17)19-8-5-6-9-20(19)24-30-33-34-31-24/h5-6,8-13H,3-4,7,14-16H2,1-2H3,(H,30,31,33,34). The number of H-pyrrole nitrogens is 1. The summed E-state index contributed by atoms with van der Waals surface area (Å²) in [5.74, 6) is -0.278. The molecular formula is C26H27F3N6O3. The maximum absolute atomic E-state index is 13.3. The van der Waals surface area contributed by atoms with Gasteiger partial charge in [-0.05, 0) is 35.2 Å². The van der Waals surface area contributed by atoms with Gasteiger partial charge in [-0.3, -0.25) is 0 Å². The topological polar surface area (TPSA) is 108 Å². The molecule has 4 aromatic rings. The third-order valence-electron chi connectivity index (χ3n) is 5.69. The van der Waals surface area contributed by atoms with E-state index < -0.39 is 25.3 Å². The van der Waals surface area contributed by atoms with E-state index >= 15 is 0 Å². The van der Waals surface area contributed by atoms with Gasteiger partial charge < -0.3 is 9.47 Å². The second-order valence-electron chi connectivity index (χ2n) is 8.50.